The fraction of sp³-hybridized carbons (Fsp3) is 0.0625. The van der Waals surface area contributed by atoms with Crippen molar-refractivity contribution in [3.8, 4) is 22.5 Å². The zero-order valence-electron chi connectivity index (χ0n) is 11.6. The average Bonchev–Trinajstić information content (AvgIpc) is 2.97. The summed E-state index contributed by atoms with van der Waals surface area (Å²) in [4.78, 5) is 4.52. The summed E-state index contributed by atoms with van der Waals surface area (Å²) < 4.78 is 0. The number of benzene rings is 1. The van der Waals surface area contributed by atoms with Crippen LogP contribution in [0.4, 0.5) is 5.69 Å². The van der Waals surface area contributed by atoms with Gasteiger partial charge >= 0.3 is 0 Å². The molecule has 0 amide bonds. The summed E-state index contributed by atoms with van der Waals surface area (Å²) in [6.45, 7) is 1.95. The summed E-state index contributed by atoms with van der Waals surface area (Å²) in [6, 6.07) is 11.5. The second kappa shape index (κ2) is 5.20. The Bertz CT molecular complexity index is 804. The van der Waals surface area contributed by atoms with Crippen molar-refractivity contribution in [2.24, 2.45) is 0 Å². The molecule has 2 heterocycles. The van der Waals surface area contributed by atoms with Crippen molar-refractivity contribution in [1.29, 1.82) is 5.41 Å². The molecule has 5 nitrogen and oxygen atoms in total. The van der Waals surface area contributed by atoms with E-state index in [1.54, 1.807) is 12.3 Å². The molecule has 0 aliphatic heterocycles. The molecule has 5 heteroatoms. The Balaban J connectivity index is 2.13. The summed E-state index contributed by atoms with van der Waals surface area (Å²) in [6.07, 6.45) is 3.02. The predicted octanol–water partition coefficient (Wildman–Crippen LogP) is 3.03. The fourth-order valence-electron chi connectivity index (χ4n) is 2.25. The van der Waals surface area contributed by atoms with Crippen LogP contribution in [0.1, 0.15) is 11.3 Å². The molecule has 1 aromatic carbocycles. The zero-order chi connectivity index (χ0) is 14.8. The Morgan fingerprint density at radius 1 is 1.24 bits per heavy atom. The topological polar surface area (TPSA) is 91.4 Å². The zero-order valence-corrected chi connectivity index (χ0v) is 11.6. The van der Waals surface area contributed by atoms with Crippen LogP contribution < -0.4 is 5.73 Å². The van der Waals surface area contributed by atoms with Crippen LogP contribution in [0.3, 0.4) is 0 Å². The van der Waals surface area contributed by atoms with E-state index in [4.69, 9.17) is 11.1 Å². The predicted molar refractivity (Wildman–Crippen MR) is 84.3 cm³/mol. The monoisotopic (exact) mass is 277 g/mol. The van der Waals surface area contributed by atoms with Crippen LogP contribution in [0.25, 0.3) is 22.5 Å². The largest absolute Gasteiger partial charge is 0.398 e. The number of H-pyrrole nitrogens is 1. The molecule has 0 radical (unpaired) electrons. The molecule has 0 saturated carbocycles. The van der Waals surface area contributed by atoms with E-state index in [1.807, 2.05) is 37.3 Å². The standard InChI is InChI=1S/C16H15N5/c1-10-3-2-4-15(20-10)16-13(9-19-21-16)11-5-6-14(18)12(7-11)8-17/h2-9,17H,18H2,1H3,(H,19,21). The number of nitrogens with two attached hydrogens (primary N) is 1. The van der Waals surface area contributed by atoms with Crippen LogP contribution in [-0.2, 0) is 0 Å². The van der Waals surface area contributed by atoms with Crippen LogP contribution in [0.2, 0.25) is 0 Å². The molecule has 3 aromatic rings. The molecule has 0 unspecified atom stereocenters. The first-order chi connectivity index (χ1) is 10.2. The minimum absolute atomic E-state index is 0.590. The average molecular weight is 277 g/mol. The van der Waals surface area contributed by atoms with Gasteiger partial charge in [-0.2, -0.15) is 5.10 Å². The third kappa shape index (κ3) is 2.41. The van der Waals surface area contributed by atoms with Crippen molar-refractivity contribution in [2.75, 3.05) is 5.73 Å². The molecule has 0 bridgehead atoms. The van der Waals surface area contributed by atoms with Crippen molar-refractivity contribution in [3.05, 3.63) is 53.9 Å². The van der Waals surface area contributed by atoms with Crippen molar-refractivity contribution in [3.63, 3.8) is 0 Å². The molecule has 21 heavy (non-hydrogen) atoms. The second-order valence-corrected chi connectivity index (χ2v) is 4.81. The number of hydrogen-bond donors (Lipinski definition) is 3. The van der Waals surface area contributed by atoms with Gasteiger partial charge in [0.2, 0.25) is 0 Å². The number of anilines is 1. The molecule has 0 saturated heterocycles. The molecule has 0 aliphatic carbocycles. The van der Waals surface area contributed by atoms with Gasteiger partial charge in [0.1, 0.15) is 0 Å². The van der Waals surface area contributed by atoms with E-state index in [0.29, 0.717) is 11.3 Å². The number of aromatic amines is 1. The van der Waals surface area contributed by atoms with Gasteiger partial charge in [-0.1, -0.05) is 12.1 Å². The molecule has 0 atom stereocenters. The number of pyridine rings is 1. The number of hydrogen-bond acceptors (Lipinski definition) is 4. The summed E-state index contributed by atoms with van der Waals surface area (Å²) in [7, 11) is 0. The van der Waals surface area contributed by atoms with Crippen LogP contribution in [0.5, 0.6) is 0 Å². The lowest BCUT2D eigenvalue weighted by Gasteiger charge is -2.06. The Morgan fingerprint density at radius 2 is 2.10 bits per heavy atom. The number of aromatic nitrogens is 3. The summed E-state index contributed by atoms with van der Waals surface area (Å²) in [5, 5.41) is 14.5. The van der Waals surface area contributed by atoms with Crippen molar-refractivity contribution < 1.29 is 0 Å². The number of aryl methyl sites for hydroxylation is 1. The van der Waals surface area contributed by atoms with Crippen molar-refractivity contribution in [2.45, 2.75) is 6.92 Å². The van der Waals surface area contributed by atoms with Crippen LogP contribution in [-0.4, -0.2) is 21.4 Å². The van der Waals surface area contributed by atoms with E-state index in [9.17, 15) is 0 Å². The molecule has 104 valence electrons. The highest BCUT2D eigenvalue weighted by atomic mass is 15.1. The first kappa shape index (κ1) is 13.1. The molecule has 3 rings (SSSR count). The lowest BCUT2D eigenvalue weighted by Crippen LogP contribution is -1.94. The van der Waals surface area contributed by atoms with Gasteiger partial charge in [0.05, 0.1) is 17.6 Å². The maximum atomic E-state index is 7.41. The molecule has 4 N–H and O–H groups in total. The molecular formula is C16H15N5. The van der Waals surface area contributed by atoms with Gasteiger partial charge in [0.25, 0.3) is 0 Å². The number of nitrogens with zero attached hydrogens (tertiary/aromatic N) is 2. The third-order valence-corrected chi connectivity index (χ3v) is 3.34. The minimum atomic E-state index is 0.590. The lowest BCUT2D eigenvalue weighted by atomic mass is 10.0. The highest BCUT2D eigenvalue weighted by molar-refractivity contribution is 5.89. The van der Waals surface area contributed by atoms with Crippen LogP contribution >= 0.6 is 0 Å². The van der Waals surface area contributed by atoms with E-state index in [2.05, 4.69) is 15.2 Å². The van der Waals surface area contributed by atoms with Gasteiger partial charge in [-0.3, -0.25) is 10.1 Å². The van der Waals surface area contributed by atoms with Gasteiger partial charge in [-0.15, -0.1) is 0 Å². The number of nitrogen functional groups attached to an aromatic ring is 1. The summed E-state index contributed by atoms with van der Waals surface area (Å²) in [5.41, 5.74) is 11.7. The minimum Gasteiger partial charge on any atom is -0.398 e. The summed E-state index contributed by atoms with van der Waals surface area (Å²) >= 11 is 0. The van der Waals surface area contributed by atoms with Crippen LogP contribution in [0, 0.1) is 12.3 Å². The third-order valence-electron chi connectivity index (χ3n) is 3.34. The van der Waals surface area contributed by atoms with E-state index < -0.39 is 0 Å². The molecule has 0 fully saturated rings. The highest BCUT2D eigenvalue weighted by Crippen LogP contribution is 2.30. The number of rotatable bonds is 3. The lowest BCUT2D eigenvalue weighted by molar-refractivity contribution is 1.08. The van der Waals surface area contributed by atoms with Gasteiger partial charge in [-0.05, 0) is 36.8 Å². The maximum Gasteiger partial charge on any atom is 0.0912 e. The van der Waals surface area contributed by atoms with E-state index in [1.165, 1.54) is 6.21 Å². The van der Waals surface area contributed by atoms with Gasteiger partial charge in [0, 0.05) is 28.7 Å². The quantitative estimate of drug-likeness (QED) is 0.507. The van der Waals surface area contributed by atoms with Crippen LogP contribution in [0.15, 0.2) is 42.6 Å². The molecular weight excluding hydrogens is 262 g/mol. The van der Waals surface area contributed by atoms with Crippen molar-refractivity contribution in [1.82, 2.24) is 15.2 Å². The smallest absolute Gasteiger partial charge is 0.0912 e. The van der Waals surface area contributed by atoms with Gasteiger partial charge in [0.15, 0.2) is 0 Å². The Hall–Kier alpha value is -2.95. The van der Waals surface area contributed by atoms with Gasteiger partial charge in [-0.25, -0.2) is 0 Å². The Kier molecular flexibility index (Phi) is 3.23. The summed E-state index contributed by atoms with van der Waals surface area (Å²) in [5.74, 6) is 0. The second-order valence-electron chi connectivity index (χ2n) is 4.81. The molecule has 2 aromatic heterocycles. The fourth-order valence-corrected chi connectivity index (χ4v) is 2.25. The van der Waals surface area contributed by atoms with E-state index in [0.717, 1.165) is 28.2 Å². The maximum absolute atomic E-state index is 7.41. The first-order valence-corrected chi connectivity index (χ1v) is 6.57. The highest BCUT2D eigenvalue weighted by Gasteiger charge is 2.12. The number of nitrogens with one attached hydrogen (secondary N) is 2. The van der Waals surface area contributed by atoms with Gasteiger partial charge < -0.3 is 11.1 Å². The Labute approximate surface area is 122 Å². The SMILES string of the molecule is Cc1cccc(-c2[nH]ncc2-c2ccc(N)c(C=N)c2)n1. The first-order valence-electron chi connectivity index (χ1n) is 6.57. The molecule has 0 aliphatic rings. The normalized spacial score (nSPS) is 10.5. The van der Waals surface area contributed by atoms with Crippen molar-refractivity contribution >= 4 is 11.9 Å². The van der Waals surface area contributed by atoms with E-state index in [-0.39, 0.29) is 0 Å². The molecule has 0 spiro atoms. The Morgan fingerprint density at radius 3 is 2.86 bits per heavy atom. The van der Waals surface area contributed by atoms with E-state index >= 15 is 0 Å².